The van der Waals surface area contributed by atoms with Gasteiger partial charge in [0.2, 0.25) is 0 Å². The lowest BCUT2D eigenvalue weighted by molar-refractivity contribution is -0.209. The van der Waals surface area contributed by atoms with Gasteiger partial charge in [-0.1, -0.05) is 19.4 Å². The molecule has 3 unspecified atom stereocenters. The first-order chi connectivity index (χ1) is 12.4. The molecule has 3 N–H and O–H groups in total. The molecule has 1 aromatic carbocycles. The zero-order valence-electron chi connectivity index (χ0n) is 14.9. The van der Waals surface area contributed by atoms with Crippen LogP contribution in [0.2, 0.25) is 0 Å². The molecule has 3 aliphatic carbocycles. The van der Waals surface area contributed by atoms with Gasteiger partial charge in [0.1, 0.15) is 5.60 Å². The molecule has 0 aromatic heterocycles. The lowest BCUT2D eigenvalue weighted by Crippen LogP contribution is -2.66. The van der Waals surface area contributed by atoms with E-state index in [2.05, 4.69) is 0 Å². The van der Waals surface area contributed by atoms with E-state index in [1.165, 1.54) is 5.06 Å². The minimum absolute atomic E-state index is 0.0149. The Hall–Kier alpha value is -1.63. The number of hydroxylamine groups is 2. The Morgan fingerprint density at radius 1 is 1.35 bits per heavy atom. The summed E-state index contributed by atoms with van der Waals surface area (Å²) in [6.45, 7) is 2.54. The van der Waals surface area contributed by atoms with Gasteiger partial charge in [-0.15, -0.1) is 0 Å². The Bertz CT molecular complexity index is 791. The number of Topliss-reactive ketones (excluding diaryl/α,β-unsaturated/α-hetero) is 1. The fourth-order valence-electron chi connectivity index (χ4n) is 5.74. The third-order valence-electron chi connectivity index (χ3n) is 6.97. The number of aromatic hydroxyl groups is 1. The van der Waals surface area contributed by atoms with Crippen molar-refractivity contribution in [1.29, 1.82) is 0 Å². The molecule has 6 nitrogen and oxygen atoms in total. The highest BCUT2D eigenvalue weighted by Crippen LogP contribution is 2.64. The molecular weight excluding hydrogens is 334 g/mol. The maximum absolute atomic E-state index is 12.8. The van der Waals surface area contributed by atoms with Gasteiger partial charge in [-0.3, -0.25) is 4.79 Å². The number of carbonyl (C=O) groups is 1. The second-order valence-electron chi connectivity index (χ2n) is 8.52. The number of hydrogen-bond donors (Lipinski definition) is 3. The van der Waals surface area contributed by atoms with Crippen molar-refractivity contribution < 1.29 is 25.0 Å². The van der Waals surface area contributed by atoms with Crippen molar-refractivity contribution in [3.63, 3.8) is 0 Å². The normalized spacial score (nSPS) is 37.2. The van der Waals surface area contributed by atoms with Crippen LogP contribution in [0.25, 0.3) is 0 Å². The number of aliphatic hydroxyl groups is 1. The highest BCUT2D eigenvalue weighted by atomic mass is 16.5. The number of ketones is 1. The van der Waals surface area contributed by atoms with Crippen molar-refractivity contribution in [2.75, 3.05) is 6.54 Å². The molecule has 6 heteroatoms. The molecule has 26 heavy (non-hydrogen) atoms. The molecule has 0 radical (unpaired) electrons. The average Bonchev–Trinajstić information content (AvgIpc) is 3.28. The van der Waals surface area contributed by atoms with Gasteiger partial charge in [0.25, 0.3) is 0 Å². The molecule has 4 aliphatic rings. The molecule has 2 fully saturated rings. The summed E-state index contributed by atoms with van der Waals surface area (Å²) < 4.78 is 5.95. The molecule has 1 aromatic rings. The number of rotatable bonds is 5. The van der Waals surface area contributed by atoms with Gasteiger partial charge < -0.3 is 20.2 Å². The Labute approximate surface area is 152 Å². The molecule has 0 bridgehead atoms. The Morgan fingerprint density at radius 2 is 2.12 bits per heavy atom. The first kappa shape index (κ1) is 16.5. The number of carbonyl (C=O) groups excluding carboxylic acids is 1. The van der Waals surface area contributed by atoms with E-state index in [0.29, 0.717) is 31.1 Å². The molecule has 0 amide bonds. The summed E-state index contributed by atoms with van der Waals surface area (Å²) in [4.78, 5) is 12.8. The molecule has 1 aliphatic heterocycles. The van der Waals surface area contributed by atoms with E-state index in [0.717, 1.165) is 30.4 Å². The number of ether oxygens (including phenoxy) is 1. The SMILES string of the molecule is CCC[C@@]12c3c4ccc(O)c3OC1C(=O)CC2(O)C(N(O)CC1CC1)C4. The van der Waals surface area contributed by atoms with Gasteiger partial charge in [0.05, 0.1) is 11.5 Å². The van der Waals surface area contributed by atoms with Crippen molar-refractivity contribution in [1.82, 2.24) is 5.06 Å². The van der Waals surface area contributed by atoms with Crippen LogP contribution in [0, 0.1) is 5.92 Å². The minimum atomic E-state index is -1.39. The topological polar surface area (TPSA) is 90.2 Å². The highest BCUT2D eigenvalue weighted by molar-refractivity contribution is 5.93. The number of nitrogens with zero attached hydrogens (tertiary/aromatic N) is 1. The number of benzene rings is 1. The summed E-state index contributed by atoms with van der Waals surface area (Å²) >= 11 is 0. The van der Waals surface area contributed by atoms with Crippen molar-refractivity contribution >= 4 is 5.78 Å². The van der Waals surface area contributed by atoms with Crippen LogP contribution < -0.4 is 4.74 Å². The lowest BCUT2D eigenvalue weighted by atomic mass is 9.58. The van der Waals surface area contributed by atoms with Gasteiger partial charge in [-0.2, -0.15) is 5.06 Å². The van der Waals surface area contributed by atoms with E-state index in [4.69, 9.17) is 4.74 Å². The van der Waals surface area contributed by atoms with Gasteiger partial charge in [0.15, 0.2) is 23.4 Å². The molecule has 1 heterocycles. The Kier molecular flexibility index (Phi) is 3.31. The largest absolute Gasteiger partial charge is 0.504 e. The summed E-state index contributed by atoms with van der Waals surface area (Å²) in [6.07, 6.45) is 3.19. The maximum Gasteiger partial charge on any atom is 0.177 e. The summed E-state index contributed by atoms with van der Waals surface area (Å²) in [5.74, 6) is 0.683. The smallest absolute Gasteiger partial charge is 0.177 e. The summed E-state index contributed by atoms with van der Waals surface area (Å²) in [5, 5.41) is 34.3. The predicted octanol–water partition coefficient (Wildman–Crippen LogP) is 1.92. The third-order valence-corrected chi connectivity index (χ3v) is 6.97. The van der Waals surface area contributed by atoms with Crippen LogP contribution in [-0.4, -0.2) is 50.6 Å². The van der Waals surface area contributed by atoms with Crippen LogP contribution in [0.1, 0.15) is 50.2 Å². The van der Waals surface area contributed by atoms with Crippen molar-refractivity contribution in [2.24, 2.45) is 5.92 Å². The molecule has 5 rings (SSSR count). The van der Waals surface area contributed by atoms with Gasteiger partial charge in [0, 0.05) is 18.5 Å². The van der Waals surface area contributed by atoms with E-state index in [-0.39, 0.29) is 18.0 Å². The van der Waals surface area contributed by atoms with Crippen LogP contribution in [0.3, 0.4) is 0 Å². The molecule has 0 spiro atoms. The van der Waals surface area contributed by atoms with Gasteiger partial charge >= 0.3 is 0 Å². The lowest BCUT2D eigenvalue weighted by Gasteiger charge is -2.51. The molecule has 4 atom stereocenters. The number of phenolic OH excluding ortho intramolecular Hbond substituents is 1. The molecule has 2 saturated carbocycles. The van der Waals surface area contributed by atoms with Crippen LogP contribution in [-0.2, 0) is 16.6 Å². The first-order valence-corrected chi connectivity index (χ1v) is 9.65. The van der Waals surface area contributed by atoms with Crippen molar-refractivity contribution in [2.45, 2.75) is 68.6 Å². The van der Waals surface area contributed by atoms with Crippen LogP contribution in [0.4, 0.5) is 0 Å². The second-order valence-corrected chi connectivity index (χ2v) is 8.52. The van der Waals surface area contributed by atoms with Crippen molar-refractivity contribution in [3.05, 3.63) is 23.3 Å². The molecule has 0 saturated heterocycles. The second kappa shape index (κ2) is 5.21. The molecule has 140 valence electrons. The monoisotopic (exact) mass is 359 g/mol. The van der Waals surface area contributed by atoms with E-state index >= 15 is 0 Å². The predicted molar refractivity (Wildman–Crippen MR) is 92.4 cm³/mol. The summed E-state index contributed by atoms with van der Waals surface area (Å²) in [5.41, 5.74) is -0.544. The third kappa shape index (κ3) is 1.85. The standard InChI is InChI=1S/C20H25NO5/c1-2-7-19-16-12-5-6-13(22)17(16)26-18(19)14(23)9-20(19,24)15(8-12)21(25)10-11-3-4-11/h5-6,11,15,18,22,24-25H,2-4,7-10H2,1H3/t15?,18?,19-,20?/m1/s1. The fraction of sp³-hybridized carbons (Fsp3) is 0.650. The highest BCUT2D eigenvalue weighted by Gasteiger charge is 2.74. The van der Waals surface area contributed by atoms with Crippen LogP contribution in [0.5, 0.6) is 11.5 Å². The molecular formula is C20H25NO5. The fourth-order valence-corrected chi connectivity index (χ4v) is 5.74. The first-order valence-electron chi connectivity index (χ1n) is 9.65. The van der Waals surface area contributed by atoms with E-state index < -0.39 is 23.2 Å². The zero-order valence-corrected chi connectivity index (χ0v) is 14.9. The van der Waals surface area contributed by atoms with E-state index in [9.17, 15) is 20.2 Å². The van der Waals surface area contributed by atoms with E-state index in [1.54, 1.807) is 6.07 Å². The quantitative estimate of drug-likeness (QED) is 0.696. The van der Waals surface area contributed by atoms with Crippen LogP contribution in [0.15, 0.2) is 12.1 Å². The summed E-state index contributed by atoms with van der Waals surface area (Å²) in [7, 11) is 0. The number of phenols is 1. The summed E-state index contributed by atoms with van der Waals surface area (Å²) in [6, 6.07) is 2.89. The number of hydrogen-bond acceptors (Lipinski definition) is 6. The van der Waals surface area contributed by atoms with Crippen LogP contribution >= 0.6 is 0 Å². The zero-order chi connectivity index (χ0) is 18.3. The Balaban J connectivity index is 1.71. The minimum Gasteiger partial charge on any atom is -0.504 e. The van der Waals surface area contributed by atoms with Gasteiger partial charge in [-0.25, -0.2) is 0 Å². The van der Waals surface area contributed by atoms with E-state index in [1.807, 2.05) is 13.0 Å². The average molecular weight is 359 g/mol. The van der Waals surface area contributed by atoms with Crippen molar-refractivity contribution in [3.8, 4) is 11.5 Å². The Morgan fingerprint density at radius 3 is 2.81 bits per heavy atom. The van der Waals surface area contributed by atoms with Gasteiger partial charge in [-0.05, 0) is 43.2 Å². The maximum atomic E-state index is 12.8.